The van der Waals surface area contributed by atoms with Crippen molar-refractivity contribution >= 4 is 12.0 Å². The van der Waals surface area contributed by atoms with Crippen LogP contribution in [0.3, 0.4) is 0 Å². The molecule has 1 atom stereocenters. The Labute approximate surface area is 171 Å². The second-order valence-corrected chi connectivity index (χ2v) is 7.07. The van der Waals surface area contributed by atoms with E-state index in [9.17, 15) is 9.90 Å². The Bertz CT molecular complexity index is 851. The summed E-state index contributed by atoms with van der Waals surface area (Å²) in [4.78, 5) is 12.4. The molecule has 1 unspecified atom stereocenters. The molecule has 1 saturated carbocycles. The smallest absolute Gasteiger partial charge is 0.244 e. The first-order valence-electron chi connectivity index (χ1n) is 9.55. The second-order valence-electron chi connectivity index (χ2n) is 7.07. The van der Waals surface area contributed by atoms with Crippen molar-refractivity contribution in [3.05, 3.63) is 59.7 Å². The predicted molar refractivity (Wildman–Crippen MR) is 111 cm³/mol. The van der Waals surface area contributed by atoms with E-state index in [1.807, 2.05) is 30.3 Å². The van der Waals surface area contributed by atoms with Gasteiger partial charge < -0.3 is 24.6 Å². The number of rotatable bonds is 9. The summed E-state index contributed by atoms with van der Waals surface area (Å²) in [7, 11) is 4.62. The number of carbonyl (C=O) groups excluding carboxylic acids is 1. The van der Waals surface area contributed by atoms with E-state index in [-0.39, 0.29) is 18.4 Å². The summed E-state index contributed by atoms with van der Waals surface area (Å²) < 4.78 is 16.0. The number of aliphatic hydroxyl groups is 1. The SMILES string of the molecule is COc1cc(C=CC(=O)NCC(O)(c2ccccc2)C2CC2)cc(OC)c1OC. The van der Waals surface area contributed by atoms with Gasteiger partial charge in [-0.1, -0.05) is 30.3 Å². The molecule has 0 aromatic heterocycles. The van der Waals surface area contributed by atoms with Crippen LogP contribution < -0.4 is 19.5 Å². The maximum Gasteiger partial charge on any atom is 0.244 e. The zero-order chi connectivity index (χ0) is 20.9. The number of amides is 1. The van der Waals surface area contributed by atoms with Crippen LogP contribution in [0.15, 0.2) is 48.5 Å². The third-order valence-corrected chi connectivity index (χ3v) is 5.17. The average Bonchev–Trinajstić information content (AvgIpc) is 3.61. The molecule has 2 aromatic carbocycles. The minimum Gasteiger partial charge on any atom is -0.493 e. The number of nitrogens with one attached hydrogen (secondary N) is 1. The zero-order valence-corrected chi connectivity index (χ0v) is 17.0. The van der Waals surface area contributed by atoms with Crippen LogP contribution >= 0.6 is 0 Å². The fourth-order valence-electron chi connectivity index (χ4n) is 3.42. The molecule has 2 aromatic rings. The minimum absolute atomic E-state index is 0.167. The number of methoxy groups -OCH3 is 3. The van der Waals surface area contributed by atoms with E-state index in [1.54, 1.807) is 32.4 Å². The summed E-state index contributed by atoms with van der Waals surface area (Å²) in [6, 6.07) is 13.0. The molecule has 0 heterocycles. The highest BCUT2D eigenvalue weighted by atomic mass is 16.5. The van der Waals surface area contributed by atoms with Crippen LogP contribution in [0.1, 0.15) is 24.0 Å². The molecule has 1 fully saturated rings. The van der Waals surface area contributed by atoms with Gasteiger partial charge in [-0.2, -0.15) is 0 Å². The molecule has 0 aliphatic heterocycles. The van der Waals surface area contributed by atoms with Crippen LogP contribution in [-0.4, -0.2) is 38.9 Å². The van der Waals surface area contributed by atoms with E-state index < -0.39 is 5.60 Å². The lowest BCUT2D eigenvalue weighted by Gasteiger charge is -2.29. The van der Waals surface area contributed by atoms with Gasteiger partial charge in [-0.25, -0.2) is 0 Å². The van der Waals surface area contributed by atoms with Gasteiger partial charge in [0.05, 0.1) is 27.9 Å². The Morgan fingerprint density at radius 3 is 2.24 bits per heavy atom. The lowest BCUT2D eigenvalue weighted by atomic mass is 9.88. The molecule has 29 heavy (non-hydrogen) atoms. The molecule has 154 valence electrons. The van der Waals surface area contributed by atoms with Gasteiger partial charge in [-0.15, -0.1) is 0 Å². The fraction of sp³-hybridized carbons (Fsp3) is 0.348. The molecular formula is C23H27NO5. The van der Waals surface area contributed by atoms with E-state index in [2.05, 4.69) is 5.32 Å². The van der Waals surface area contributed by atoms with Gasteiger partial charge in [-0.05, 0) is 48.1 Å². The first kappa shape index (κ1) is 20.7. The number of carbonyl (C=O) groups is 1. The number of hydrogen-bond donors (Lipinski definition) is 2. The average molecular weight is 397 g/mol. The van der Waals surface area contributed by atoms with Crippen LogP contribution in [0.25, 0.3) is 6.08 Å². The van der Waals surface area contributed by atoms with Gasteiger partial charge in [0, 0.05) is 6.08 Å². The third-order valence-electron chi connectivity index (χ3n) is 5.17. The Balaban J connectivity index is 1.70. The molecule has 1 aliphatic carbocycles. The summed E-state index contributed by atoms with van der Waals surface area (Å²) in [6.07, 6.45) is 5.02. The lowest BCUT2D eigenvalue weighted by Crippen LogP contribution is -2.42. The molecule has 1 aliphatic rings. The Kier molecular flexibility index (Phi) is 6.44. The van der Waals surface area contributed by atoms with Gasteiger partial charge in [0.2, 0.25) is 11.7 Å². The quantitative estimate of drug-likeness (QED) is 0.636. The Morgan fingerprint density at radius 2 is 1.72 bits per heavy atom. The maximum absolute atomic E-state index is 12.4. The van der Waals surface area contributed by atoms with Crippen LogP contribution in [0.4, 0.5) is 0 Å². The Morgan fingerprint density at radius 1 is 1.10 bits per heavy atom. The first-order valence-corrected chi connectivity index (χ1v) is 9.55. The highest BCUT2D eigenvalue weighted by molar-refractivity contribution is 5.92. The molecule has 0 spiro atoms. The summed E-state index contributed by atoms with van der Waals surface area (Å²) in [5, 5.41) is 14.0. The third kappa shape index (κ3) is 4.71. The summed E-state index contributed by atoms with van der Waals surface area (Å²) >= 11 is 0. The molecule has 0 bridgehead atoms. The maximum atomic E-state index is 12.4. The van der Waals surface area contributed by atoms with Gasteiger partial charge >= 0.3 is 0 Å². The van der Waals surface area contributed by atoms with Gasteiger partial charge in [0.15, 0.2) is 11.5 Å². The number of hydrogen-bond acceptors (Lipinski definition) is 5. The van der Waals surface area contributed by atoms with E-state index in [0.29, 0.717) is 17.2 Å². The van der Waals surface area contributed by atoms with E-state index in [0.717, 1.165) is 24.0 Å². The number of ether oxygens (including phenoxy) is 3. The van der Waals surface area contributed by atoms with E-state index >= 15 is 0 Å². The largest absolute Gasteiger partial charge is 0.493 e. The summed E-state index contributed by atoms with van der Waals surface area (Å²) in [6.45, 7) is 0.167. The van der Waals surface area contributed by atoms with Crippen molar-refractivity contribution in [2.24, 2.45) is 5.92 Å². The van der Waals surface area contributed by atoms with Crippen molar-refractivity contribution in [1.29, 1.82) is 0 Å². The van der Waals surface area contributed by atoms with Crippen molar-refractivity contribution in [1.82, 2.24) is 5.32 Å². The van der Waals surface area contributed by atoms with Crippen molar-refractivity contribution in [3.8, 4) is 17.2 Å². The molecular weight excluding hydrogens is 370 g/mol. The first-order chi connectivity index (χ1) is 14.0. The highest BCUT2D eigenvalue weighted by Gasteiger charge is 2.45. The summed E-state index contributed by atoms with van der Waals surface area (Å²) in [5.41, 5.74) is 0.517. The van der Waals surface area contributed by atoms with Crippen LogP contribution in [0.5, 0.6) is 17.2 Å². The lowest BCUT2D eigenvalue weighted by molar-refractivity contribution is -0.118. The summed E-state index contributed by atoms with van der Waals surface area (Å²) in [5.74, 6) is 1.41. The Hall–Kier alpha value is -2.99. The van der Waals surface area contributed by atoms with Gasteiger partial charge in [0.25, 0.3) is 0 Å². The van der Waals surface area contributed by atoms with Crippen molar-refractivity contribution in [2.75, 3.05) is 27.9 Å². The van der Waals surface area contributed by atoms with E-state index in [4.69, 9.17) is 14.2 Å². The molecule has 1 amide bonds. The fourth-order valence-corrected chi connectivity index (χ4v) is 3.42. The van der Waals surface area contributed by atoms with Crippen LogP contribution in [-0.2, 0) is 10.4 Å². The molecule has 0 radical (unpaired) electrons. The van der Waals surface area contributed by atoms with Crippen molar-refractivity contribution in [3.63, 3.8) is 0 Å². The molecule has 3 rings (SSSR count). The van der Waals surface area contributed by atoms with Crippen molar-refractivity contribution in [2.45, 2.75) is 18.4 Å². The van der Waals surface area contributed by atoms with Crippen molar-refractivity contribution < 1.29 is 24.1 Å². The van der Waals surface area contributed by atoms with Gasteiger partial charge in [0.1, 0.15) is 5.60 Å². The zero-order valence-electron chi connectivity index (χ0n) is 17.0. The van der Waals surface area contributed by atoms with E-state index in [1.165, 1.54) is 13.2 Å². The molecule has 0 saturated heterocycles. The molecule has 2 N–H and O–H groups in total. The molecule has 6 heteroatoms. The molecule has 6 nitrogen and oxygen atoms in total. The second kappa shape index (κ2) is 9.01. The topological polar surface area (TPSA) is 77.0 Å². The predicted octanol–water partition coefficient (Wildman–Crippen LogP) is 3.14. The standard InChI is InChI=1S/C23H27NO5/c1-27-19-13-16(14-20(28-2)22(19)29-3)9-12-21(25)24-15-23(26,18-10-11-18)17-7-5-4-6-8-17/h4-9,12-14,18,26H,10-11,15H2,1-3H3,(H,24,25). The highest BCUT2D eigenvalue weighted by Crippen LogP contribution is 2.45. The van der Waals surface area contributed by atoms with Gasteiger partial charge in [-0.3, -0.25) is 4.79 Å². The normalized spacial score (nSPS) is 15.6. The van der Waals surface area contributed by atoms with Crippen LogP contribution in [0, 0.1) is 5.92 Å². The van der Waals surface area contributed by atoms with Crippen LogP contribution in [0.2, 0.25) is 0 Å². The number of benzene rings is 2. The monoisotopic (exact) mass is 397 g/mol. The minimum atomic E-state index is -1.04.